The van der Waals surface area contributed by atoms with E-state index in [0.717, 1.165) is 31.6 Å². The normalized spacial score (nSPS) is 19.9. The summed E-state index contributed by atoms with van der Waals surface area (Å²) < 4.78 is 1.85. The van der Waals surface area contributed by atoms with Crippen molar-refractivity contribution in [1.82, 2.24) is 20.4 Å². The van der Waals surface area contributed by atoms with Gasteiger partial charge in [0.05, 0.1) is 18.7 Å². The van der Waals surface area contributed by atoms with Crippen LogP contribution in [-0.4, -0.2) is 35.3 Å². The van der Waals surface area contributed by atoms with E-state index < -0.39 is 0 Å². The molecule has 0 saturated carbocycles. The number of rotatable bonds is 4. The Morgan fingerprint density at radius 1 is 1.75 bits per heavy atom. The second kappa shape index (κ2) is 5.12. The van der Waals surface area contributed by atoms with Gasteiger partial charge in [-0.05, 0) is 25.5 Å². The van der Waals surface area contributed by atoms with Crippen LogP contribution in [0, 0.1) is 12.8 Å². The van der Waals surface area contributed by atoms with Gasteiger partial charge in [0, 0.05) is 19.3 Å². The number of nitrogens with one attached hydrogen (secondary N) is 2. The highest BCUT2D eigenvalue weighted by molar-refractivity contribution is 5.79. The maximum atomic E-state index is 11.7. The van der Waals surface area contributed by atoms with E-state index in [9.17, 15) is 4.79 Å². The molecule has 2 rings (SSSR count). The van der Waals surface area contributed by atoms with E-state index in [1.165, 1.54) is 0 Å². The standard InChI is InChI=1S/C11H18N4O/c1-9-6-14-15(8-9)5-4-13-11(16)10-2-3-12-7-10/h6,8,10,12H,2-5,7H2,1H3,(H,13,16). The summed E-state index contributed by atoms with van der Waals surface area (Å²) in [5.74, 6) is 0.313. The molecule has 1 amide bonds. The van der Waals surface area contributed by atoms with Gasteiger partial charge in [-0.2, -0.15) is 5.10 Å². The monoisotopic (exact) mass is 222 g/mol. The number of aryl methyl sites for hydroxylation is 1. The molecule has 1 atom stereocenters. The number of carbonyl (C=O) groups excluding carboxylic acids is 1. The molecule has 0 spiro atoms. The van der Waals surface area contributed by atoms with Gasteiger partial charge in [0.25, 0.3) is 0 Å². The van der Waals surface area contributed by atoms with E-state index in [0.29, 0.717) is 6.54 Å². The average molecular weight is 222 g/mol. The zero-order chi connectivity index (χ0) is 11.4. The Morgan fingerprint density at radius 2 is 2.62 bits per heavy atom. The number of nitrogens with zero attached hydrogens (tertiary/aromatic N) is 2. The number of amides is 1. The van der Waals surface area contributed by atoms with E-state index in [2.05, 4.69) is 15.7 Å². The van der Waals surface area contributed by atoms with Gasteiger partial charge in [-0.1, -0.05) is 0 Å². The molecule has 1 aliphatic heterocycles. The zero-order valence-electron chi connectivity index (χ0n) is 9.57. The number of aromatic nitrogens is 2. The van der Waals surface area contributed by atoms with Crippen molar-refractivity contribution in [3.63, 3.8) is 0 Å². The van der Waals surface area contributed by atoms with E-state index in [1.807, 2.05) is 24.0 Å². The van der Waals surface area contributed by atoms with Crippen molar-refractivity contribution in [3.05, 3.63) is 18.0 Å². The van der Waals surface area contributed by atoms with Crippen LogP contribution in [0.5, 0.6) is 0 Å². The molecule has 0 bridgehead atoms. The molecular formula is C11H18N4O. The molecule has 16 heavy (non-hydrogen) atoms. The van der Waals surface area contributed by atoms with Gasteiger partial charge in [0.1, 0.15) is 0 Å². The fraction of sp³-hybridized carbons (Fsp3) is 0.636. The summed E-state index contributed by atoms with van der Waals surface area (Å²) in [6.07, 6.45) is 4.75. The first-order valence-corrected chi connectivity index (χ1v) is 5.73. The lowest BCUT2D eigenvalue weighted by Crippen LogP contribution is -2.34. The van der Waals surface area contributed by atoms with Crippen molar-refractivity contribution in [2.75, 3.05) is 19.6 Å². The van der Waals surface area contributed by atoms with Gasteiger partial charge >= 0.3 is 0 Å². The zero-order valence-corrected chi connectivity index (χ0v) is 9.57. The van der Waals surface area contributed by atoms with Gasteiger partial charge in [0.2, 0.25) is 5.91 Å². The Labute approximate surface area is 95.2 Å². The number of hydrogen-bond donors (Lipinski definition) is 2. The van der Waals surface area contributed by atoms with E-state index in [4.69, 9.17) is 0 Å². The first kappa shape index (κ1) is 11.1. The fourth-order valence-electron chi connectivity index (χ4n) is 1.91. The summed E-state index contributed by atoms with van der Waals surface area (Å²) in [5.41, 5.74) is 1.14. The molecule has 1 aromatic rings. The van der Waals surface area contributed by atoms with Gasteiger partial charge in [-0.25, -0.2) is 0 Å². The minimum atomic E-state index is 0.152. The molecule has 5 nitrogen and oxygen atoms in total. The maximum absolute atomic E-state index is 11.7. The van der Waals surface area contributed by atoms with Crippen LogP contribution >= 0.6 is 0 Å². The van der Waals surface area contributed by atoms with E-state index in [1.54, 1.807) is 0 Å². The quantitative estimate of drug-likeness (QED) is 0.749. The molecule has 1 aromatic heterocycles. The van der Waals surface area contributed by atoms with Crippen molar-refractivity contribution in [2.45, 2.75) is 19.9 Å². The third-order valence-corrected chi connectivity index (χ3v) is 2.83. The van der Waals surface area contributed by atoms with Crippen LogP contribution in [0.3, 0.4) is 0 Å². The van der Waals surface area contributed by atoms with E-state index >= 15 is 0 Å². The highest BCUT2D eigenvalue weighted by Gasteiger charge is 2.21. The van der Waals surface area contributed by atoms with Crippen LogP contribution in [0.25, 0.3) is 0 Å². The molecule has 2 N–H and O–H groups in total. The summed E-state index contributed by atoms with van der Waals surface area (Å²) in [6.45, 7) is 5.16. The Bertz CT molecular complexity index is 355. The Balaban J connectivity index is 1.69. The van der Waals surface area contributed by atoms with Gasteiger partial charge in [0.15, 0.2) is 0 Å². The Hall–Kier alpha value is -1.36. The summed E-state index contributed by atoms with van der Waals surface area (Å²) >= 11 is 0. The highest BCUT2D eigenvalue weighted by atomic mass is 16.1. The summed E-state index contributed by atoms with van der Waals surface area (Å²) in [5, 5.41) is 10.3. The Morgan fingerprint density at radius 3 is 3.25 bits per heavy atom. The molecule has 88 valence electrons. The summed E-state index contributed by atoms with van der Waals surface area (Å²) in [4.78, 5) is 11.7. The van der Waals surface area contributed by atoms with Crippen LogP contribution in [0.2, 0.25) is 0 Å². The third-order valence-electron chi connectivity index (χ3n) is 2.83. The van der Waals surface area contributed by atoms with Crippen LogP contribution in [0.1, 0.15) is 12.0 Å². The van der Waals surface area contributed by atoms with Crippen LogP contribution < -0.4 is 10.6 Å². The van der Waals surface area contributed by atoms with Crippen molar-refractivity contribution in [1.29, 1.82) is 0 Å². The predicted octanol–water partition coefficient (Wildman–Crippen LogP) is -0.0828. The maximum Gasteiger partial charge on any atom is 0.224 e. The smallest absolute Gasteiger partial charge is 0.224 e. The number of hydrogen-bond acceptors (Lipinski definition) is 3. The van der Waals surface area contributed by atoms with Gasteiger partial charge in [-0.3, -0.25) is 9.48 Å². The molecule has 5 heteroatoms. The topological polar surface area (TPSA) is 59.0 Å². The van der Waals surface area contributed by atoms with Crippen molar-refractivity contribution < 1.29 is 4.79 Å². The van der Waals surface area contributed by atoms with Crippen LogP contribution in [0.15, 0.2) is 12.4 Å². The fourth-order valence-corrected chi connectivity index (χ4v) is 1.91. The van der Waals surface area contributed by atoms with Crippen LogP contribution in [0.4, 0.5) is 0 Å². The number of carbonyl (C=O) groups is 1. The van der Waals surface area contributed by atoms with Crippen molar-refractivity contribution >= 4 is 5.91 Å². The molecule has 2 heterocycles. The second-order valence-electron chi connectivity index (χ2n) is 4.26. The Kier molecular flexibility index (Phi) is 3.56. The van der Waals surface area contributed by atoms with Crippen molar-refractivity contribution in [2.24, 2.45) is 5.92 Å². The third kappa shape index (κ3) is 2.82. The SMILES string of the molecule is Cc1cnn(CCNC(=O)C2CCNC2)c1. The first-order chi connectivity index (χ1) is 7.75. The molecule has 1 fully saturated rings. The average Bonchev–Trinajstić information content (AvgIpc) is 2.89. The molecule has 1 aliphatic rings. The molecule has 0 radical (unpaired) electrons. The first-order valence-electron chi connectivity index (χ1n) is 5.73. The van der Waals surface area contributed by atoms with Crippen molar-refractivity contribution in [3.8, 4) is 0 Å². The van der Waals surface area contributed by atoms with Crippen LogP contribution in [-0.2, 0) is 11.3 Å². The lowest BCUT2D eigenvalue weighted by Gasteiger charge is -2.09. The molecular weight excluding hydrogens is 204 g/mol. The minimum absolute atomic E-state index is 0.152. The van der Waals surface area contributed by atoms with E-state index in [-0.39, 0.29) is 11.8 Å². The predicted molar refractivity (Wildman–Crippen MR) is 61.0 cm³/mol. The molecule has 1 unspecified atom stereocenters. The highest BCUT2D eigenvalue weighted by Crippen LogP contribution is 2.06. The summed E-state index contributed by atoms with van der Waals surface area (Å²) in [6, 6.07) is 0. The molecule has 1 saturated heterocycles. The molecule has 0 aromatic carbocycles. The summed E-state index contributed by atoms with van der Waals surface area (Å²) in [7, 11) is 0. The lowest BCUT2D eigenvalue weighted by molar-refractivity contribution is -0.124. The second-order valence-corrected chi connectivity index (χ2v) is 4.26. The van der Waals surface area contributed by atoms with Gasteiger partial charge < -0.3 is 10.6 Å². The molecule has 0 aliphatic carbocycles. The lowest BCUT2D eigenvalue weighted by atomic mass is 10.1. The van der Waals surface area contributed by atoms with Gasteiger partial charge in [-0.15, -0.1) is 0 Å². The largest absolute Gasteiger partial charge is 0.354 e. The minimum Gasteiger partial charge on any atom is -0.354 e.